The Balaban J connectivity index is 3.30. The van der Waals surface area contributed by atoms with E-state index in [0.29, 0.717) is 32.6 Å². The first-order valence-electron chi connectivity index (χ1n) is 8.24. The van der Waals surface area contributed by atoms with Crippen LogP contribution in [-0.2, 0) is 23.1 Å². The Kier molecular flexibility index (Phi) is 8.13. The summed E-state index contributed by atoms with van der Waals surface area (Å²) in [7, 11) is -3.61. The number of hydrogen-bond acceptors (Lipinski definition) is 5. The molecule has 0 radical (unpaired) electrons. The Bertz CT molecular complexity index is 457. The summed E-state index contributed by atoms with van der Waals surface area (Å²) in [5.74, 6) is -0.267. The van der Waals surface area contributed by atoms with Crippen LogP contribution in [0, 0.1) is 0 Å². The summed E-state index contributed by atoms with van der Waals surface area (Å²) >= 11 is 0. The monoisotopic (exact) mass is 344 g/mol. The van der Waals surface area contributed by atoms with Crippen molar-refractivity contribution in [2.45, 2.75) is 34.1 Å². The van der Waals surface area contributed by atoms with E-state index >= 15 is 0 Å². The molecule has 1 aromatic rings. The zero-order valence-electron chi connectivity index (χ0n) is 14.6. The summed E-state index contributed by atoms with van der Waals surface area (Å²) in [5.41, 5.74) is 0. The third kappa shape index (κ3) is 4.74. The van der Waals surface area contributed by atoms with Gasteiger partial charge in [0.1, 0.15) is 0 Å². The van der Waals surface area contributed by atoms with Crippen molar-refractivity contribution in [2.75, 3.05) is 32.6 Å². The Morgan fingerprint density at radius 3 is 1.83 bits per heavy atom. The van der Waals surface area contributed by atoms with E-state index in [4.69, 9.17) is 18.3 Å². The van der Waals surface area contributed by atoms with Gasteiger partial charge in [-0.2, -0.15) is 0 Å². The van der Waals surface area contributed by atoms with E-state index in [0.717, 1.165) is 5.30 Å². The molecule has 0 bridgehead atoms. The fourth-order valence-corrected chi connectivity index (χ4v) is 6.88. The fourth-order valence-electron chi connectivity index (χ4n) is 2.68. The van der Waals surface area contributed by atoms with Crippen LogP contribution in [0.5, 0.6) is 0 Å². The maximum atomic E-state index is 11.9. The van der Waals surface area contributed by atoms with Gasteiger partial charge in [-0.1, -0.05) is 0 Å². The number of carbonyl (C=O) groups is 1. The molecule has 0 saturated carbocycles. The second kappa shape index (κ2) is 9.33. The molecule has 0 N–H and O–H groups in total. The van der Waals surface area contributed by atoms with Gasteiger partial charge in [0.05, 0.1) is 0 Å². The van der Waals surface area contributed by atoms with Gasteiger partial charge in [-0.05, 0) is 0 Å². The SMILES string of the molecule is CCOC(=O)CCP(OCC)(OCC)(OCC)c1ccccc1. The zero-order valence-corrected chi connectivity index (χ0v) is 15.5. The summed E-state index contributed by atoms with van der Waals surface area (Å²) in [5, 5.41) is 0.869. The van der Waals surface area contributed by atoms with Gasteiger partial charge in [-0.3, -0.25) is 0 Å². The quantitative estimate of drug-likeness (QED) is 0.453. The van der Waals surface area contributed by atoms with Gasteiger partial charge in [0.15, 0.2) is 0 Å². The summed E-state index contributed by atoms with van der Waals surface area (Å²) in [6.45, 7) is 9.20. The van der Waals surface area contributed by atoms with E-state index in [9.17, 15) is 4.79 Å². The summed E-state index contributed by atoms with van der Waals surface area (Å²) < 4.78 is 23.6. The van der Waals surface area contributed by atoms with Crippen molar-refractivity contribution in [3.8, 4) is 0 Å². The van der Waals surface area contributed by atoms with Crippen LogP contribution in [0.25, 0.3) is 0 Å². The van der Waals surface area contributed by atoms with Crippen LogP contribution in [0.3, 0.4) is 0 Å². The number of benzene rings is 1. The molecule has 0 spiro atoms. The molecule has 132 valence electrons. The third-order valence-electron chi connectivity index (χ3n) is 3.43. The summed E-state index contributed by atoms with van der Waals surface area (Å²) in [4.78, 5) is 11.9. The normalized spacial score (nSPS) is 13.3. The van der Waals surface area contributed by atoms with Crippen molar-refractivity contribution in [3.05, 3.63) is 30.3 Å². The van der Waals surface area contributed by atoms with Crippen LogP contribution in [-0.4, -0.2) is 38.6 Å². The molecule has 0 aliphatic carbocycles. The molecular formula is C17H29O5P. The van der Waals surface area contributed by atoms with Gasteiger partial charge in [0.2, 0.25) is 0 Å². The van der Waals surface area contributed by atoms with Crippen molar-refractivity contribution in [2.24, 2.45) is 0 Å². The van der Waals surface area contributed by atoms with E-state index in [1.54, 1.807) is 6.92 Å². The molecule has 0 aromatic heterocycles. The standard InChI is InChI=1S/C17H29O5P/c1-5-19-17(18)14-15-23(20-6-2,21-7-3,22-8-4)16-12-10-9-11-13-16/h9-13H,5-8,14-15H2,1-4H3. The molecule has 0 aliphatic heterocycles. The molecule has 0 atom stereocenters. The summed E-state index contributed by atoms with van der Waals surface area (Å²) in [6.07, 6.45) is 0.546. The third-order valence-corrected chi connectivity index (χ3v) is 8.07. The van der Waals surface area contributed by atoms with Gasteiger partial charge in [-0.15, -0.1) is 0 Å². The molecule has 0 saturated heterocycles. The van der Waals surface area contributed by atoms with Crippen molar-refractivity contribution in [1.82, 2.24) is 0 Å². The van der Waals surface area contributed by atoms with Crippen LogP contribution in [0.4, 0.5) is 0 Å². The zero-order chi connectivity index (χ0) is 17.2. The molecule has 0 aliphatic rings. The van der Waals surface area contributed by atoms with Crippen LogP contribution in [0.15, 0.2) is 30.3 Å². The first kappa shape index (κ1) is 20.0. The topological polar surface area (TPSA) is 54.0 Å². The van der Waals surface area contributed by atoms with Gasteiger partial charge in [-0.25, -0.2) is 0 Å². The fraction of sp³-hybridized carbons (Fsp3) is 0.588. The van der Waals surface area contributed by atoms with E-state index in [-0.39, 0.29) is 12.4 Å². The molecule has 0 heterocycles. The molecule has 5 nitrogen and oxygen atoms in total. The minimum atomic E-state index is -3.61. The maximum absolute atomic E-state index is 11.9. The average molecular weight is 344 g/mol. The van der Waals surface area contributed by atoms with Crippen molar-refractivity contribution in [3.63, 3.8) is 0 Å². The number of esters is 1. The van der Waals surface area contributed by atoms with Gasteiger partial charge in [0, 0.05) is 0 Å². The molecule has 23 heavy (non-hydrogen) atoms. The first-order valence-corrected chi connectivity index (χ1v) is 10.4. The second-order valence-corrected chi connectivity index (χ2v) is 8.73. The Hall–Kier alpha value is -1.00. The average Bonchev–Trinajstić information content (AvgIpc) is 2.55. The van der Waals surface area contributed by atoms with Crippen LogP contribution < -0.4 is 5.30 Å². The number of hydrogen-bond donors (Lipinski definition) is 0. The van der Waals surface area contributed by atoms with E-state index in [1.807, 2.05) is 51.1 Å². The van der Waals surface area contributed by atoms with Crippen molar-refractivity contribution < 1.29 is 23.1 Å². The van der Waals surface area contributed by atoms with Crippen LogP contribution in [0.1, 0.15) is 34.1 Å². The minimum absolute atomic E-state index is 0.195. The van der Waals surface area contributed by atoms with Gasteiger partial charge in [0.25, 0.3) is 0 Å². The predicted molar refractivity (Wildman–Crippen MR) is 94.0 cm³/mol. The van der Waals surface area contributed by atoms with Gasteiger partial charge >= 0.3 is 139 Å². The molecule has 0 unspecified atom stereocenters. The molecule has 1 rings (SSSR count). The Labute approximate surface area is 139 Å². The van der Waals surface area contributed by atoms with Crippen molar-refractivity contribution in [1.29, 1.82) is 0 Å². The van der Waals surface area contributed by atoms with Crippen LogP contribution >= 0.6 is 7.28 Å². The Morgan fingerprint density at radius 2 is 1.39 bits per heavy atom. The number of ether oxygens (including phenoxy) is 1. The van der Waals surface area contributed by atoms with Crippen molar-refractivity contribution >= 4 is 18.6 Å². The molecular weight excluding hydrogens is 315 g/mol. The molecule has 6 heteroatoms. The summed E-state index contributed by atoms with van der Waals surface area (Å²) in [6, 6.07) is 9.69. The Morgan fingerprint density at radius 1 is 0.870 bits per heavy atom. The van der Waals surface area contributed by atoms with E-state index in [2.05, 4.69) is 0 Å². The number of rotatable bonds is 11. The van der Waals surface area contributed by atoms with E-state index in [1.165, 1.54) is 0 Å². The second-order valence-electron chi connectivity index (χ2n) is 4.91. The predicted octanol–water partition coefficient (Wildman–Crippen LogP) is 3.67. The first-order chi connectivity index (χ1) is 11.1. The molecule has 0 fully saturated rings. The number of carbonyl (C=O) groups excluding carboxylic acids is 1. The van der Waals surface area contributed by atoms with Crippen LogP contribution in [0.2, 0.25) is 0 Å². The molecule has 0 amide bonds. The van der Waals surface area contributed by atoms with E-state index < -0.39 is 7.28 Å². The molecule has 1 aromatic carbocycles. The van der Waals surface area contributed by atoms with Gasteiger partial charge < -0.3 is 0 Å².